The summed E-state index contributed by atoms with van der Waals surface area (Å²) in [5.41, 5.74) is 4.92. The molecule has 0 saturated carbocycles. The van der Waals surface area contributed by atoms with Gasteiger partial charge >= 0.3 is 0 Å². The van der Waals surface area contributed by atoms with Crippen molar-refractivity contribution in [1.82, 2.24) is 9.97 Å². The maximum absolute atomic E-state index is 12.8. The van der Waals surface area contributed by atoms with Gasteiger partial charge in [-0.1, -0.05) is 31.5 Å². The maximum atomic E-state index is 12.8. The predicted molar refractivity (Wildman–Crippen MR) is 142 cm³/mol. The molecule has 0 radical (unpaired) electrons. The van der Waals surface area contributed by atoms with Crippen LogP contribution < -0.4 is 15.0 Å². The van der Waals surface area contributed by atoms with Crippen molar-refractivity contribution >= 4 is 34.5 Å². The Morgan fingerprint density at radius 3 is 2.75 bits per heavy atom. The number of ether oxygens (including phenoxy) is 1. The number of fused-ring (bicyclic) bond motifs is 1. The van der Waals surface area contributed by atoms with E-state index in [1.807, 2.05) is 66.0 Å². The van der Waals surface area contributed by atoms with Crippen LogP contribution in [0.25, 0.3) is 22.0 Å². The van der Waals surface area contributed by atoms with Crippen LogP contribution in [0.2, 0.25) is 0 Å². The van der Waals surface area contributed by atoms with Gasteiger partial charge in [-0.3, -0.25) is 19.5 Å². The number of anilines is 2. The minimum atomic E-state index is -0.269. The lowest BCUT2D eigenvalue weighted by molar-refractivity contribution is -0.123. The summed E-state index contributed by atoms with van der Waals surface area (Å²) in [7, 11) is 0. The van der Waals surface area contributed by atoms with Crippen LogP contribution >= 0.6 is 11.3 Å². The van der Waals surface area contributed by atoms with Crippen LogP contribution in [0.5, 0.6) is 5.75 Å². The van der Waals surface area contributed by atoms with E-state index < -0.39 is 0 Å². The SMILES string of the molecule is CCCCc1ccc(NC(=O)CN2C(=O)COc3ccc(-c4csc(-c5ccccn5)n4)cc32)cc1. The molecule has 1 aliphatic rings. The standard InChI is InChI=1S/C28H26N4O3S/c1-2-3-6-19-8-11-21(12-9-19)30-26(33)16-32-24-15-20(10-13-25(24)35-17-27(32)34)23-18-36-28(31-23)22-7-4-5-14-29-22/h4-5,7-15,18H,2-3,6,16-17H2,1H3,(H,30,33). The number of nitrogens with zero attached hydrogens (tertiary/aromatic N) is 3. The molecule has 0 spiro atoms. The van der Waals surface area contributed by atoms with Gasteiger partial charge in [0.15, 0.2) is 6.61 Å². The summed E-state index contributed by atoms with van der Waals surface area (Å²) in [6, 6.07) is 19.1. The van der Waals surface area contributed by atoms with E-state index in [0.717, 1.165) is 41.2 Å². The lowest BCUT2D eigenvalue weighted by Gasteiger charge is -2.29. The van der Waals surface area contributed by atoms with Crippen LogP contribution in [0, 0.1) is 0 Å². The molecule has 36 heavy (non-hydrogen) atoms. The molecule has 182 valence electrons. The fraction of sp³-hybridized carbons (Fsp3) is 0.214. The second-order valence-corrected chi connectivity index (χ2v) is 9.41. The monoisotopic (exact) mass is 498 g/mol. The van der Waals surface area contributed by atoms with Gasteiger partial charge in [0, 0.05) is 22.8 Å². The largest absolute Gasteiger partial charge is 0.482 e. The Kier molecular flexibility index (Phi) is 7.04. The molecule has 1 N–H and O–H groups in total. The summed E-state index contributed by atoms with van der Waals surface area (Å²) < 4.78 is 5.63. The summed E-state index contributed by atoms with van der Waals surface area (Å²) in [6.45, 7) is 1.96. The number of benzene rings is 2. The lowest BCUT2D eigenvalue weighted by Crippen LogP contribution is -2.43. The molecule has 0 atom stereocenters. The molecular weight excluding hydrogens is 472 g/mol. The minimum Gasteiger partial charge on any atom is -0.482 e. The van der Waals surface area contributed by atoms with Crippen molar-refractivity contribution < 1.29 is 14.3 Å². The van der Waals surface area contributed by atoms with Gasteiger partial charge in [-0.05, 0) is 60.9 Å². The zero-order valence-corrected chi connectivity index (χ0v) is 20.8. The van der Waals surface area contributed by atoms with E-state index in [4.69, 9.17) is 9.72 Å². The van der Waals surface area contributed by atoms with E-state index in [9.17, 15) is 9.59 Å². The predicted octanol–water partition coefficient (Wildman–Crippen LogP) is 5.58. The molecule has 2 aromatic carbocycles. The average Bonchev–Trinajstić information content (AvgIpc) is 3.41. The number of nitrogens with one attached hydrogen (secondary N) is 1. The highest BCUT2D eigenvalue weighted by molar-refractivity contribution is 7.13. The van der Waals surface area contributed by atoms with Crippen LogP contribution in [0.4, 0.5) is 11.4 Å². The number of rotatable bonds is 8. The van der Waals surface area contributed by atoms with Crippen molar-refractivity contribution in [1.29, 1.82) is 0 Å². The quantitative estimate of drug-likeness (QED) is 0.343. The molecule has 0 unspecified atom stereocenters. The second kappa shape index (κ2) is 10.7. The Hall–Kier alpha value is -4.04. The first-order chi connectivity index (χ1) is 17.6. The van der Waals surface area contributed by atoms with E-state index in [1.165, 1.54) is 21.8 Å². The highest BCUT2D eigenvalue weighted by Gasteiger charge is 2.28. The normalized spacial score (nSPS) is 12.7. The summed E-state index contributed by atoms with van der Waals surface area (Å²) in [4.78, 5) is 36.1. The molecule has 2 amide bonds. The first-order valence-corrected chi connectivity index (χ1v) is 12.8. The van der Waals surface area contributed by atoms with Crippen LogP contribution in [0.1, 0.15) is 25.3 Å². The Balaban J connectivity index is 1.33. The van der Waals surface area contributed by atoms with E-state index in [2.05, 4.69) is 17.2 Å². The summed E-state index contributed by atoms with van der Waals surface area (Å²) in [6.07, 6.45) is 5.04. The molecule has 7 nitrogen and oxygen atoms in total. The summed E-state index contributed by atoms with van der Waals surface area (Å²) >= 11 is 1.50. The number of amides is 2. The number of aromatic nitrogens is 2. The first-order valence-electron chi connectivity index (χ1n) is 11.9. The maximum Gasteiger partial charge on any atom is 0.265 e. The van der Waals surface area contributed by atoms with Gasteiger partial charge in [0.05, 0.1) is 17.1 Å². The van der Waals surface area contributed by atoms with Crippen LogP contribution in [-0.4, -0.2) is 34.9 Å². The number of pyridine rings is 1. The molecule has 2 aromatic heterocycles. The average molecular weight is 499 g/mol. The zero-order valence-electron chi connectivity index (χ0n) is 19.9. The fourth-order valence-corrected chi connectivity index (χ4v) is 4.83. The van der Waals surface area contributed by atoms with Crippen molar-refractivity contribution in [3.8, 4) is 27.7 Å². The highest BCUT2D eigenvalue weighted by atomic mass is 32.1. The fourth-order valence-electron chi connectivity index (χ4n) is 4.03. The number of thiazole rings is 1. The zero-order chi connectivity index (χ0) is 24.9. The molecule has 8 heteroatoms. The Morgan fingerprint density at radius 2 is 1.97 bits per heavy atom. The molecule has 0 aliphatic carbocycles. The number of aryl methyl sites for hydroxylation is 1. The van der Waals surface area contributed by atoms with E-state index >= 15 is 0 Å². The number of unbranched alkanes of at least 4 members (excludes halogenated alkanes) is 1. The van der Waals surface area contributed by atoms with E-state index in [1.54, 1.807) is 6.20 Å². The smallest absolute Gasteiger partial charge is 0.265 e. The molecule has 4 aromatic rings. The molecule has 5 rings (SSSR count). The number of hydrogen-bond donors (Lipinski definition) is 1. The van der Waals surface area contributed by atoms with Crippen molar-refractivity contribution in [3.63, 3.8) is 0 Å². The van der Waals surface area contributed by atoms with Gasteiger partial charge < -0.3 is 10.1 Å². The van der Waals surface area contributed by atoms with E-state index in [0.29, 0.717) is 17.1 Å². The third-order valence-electron chi connectivity index (χ3n) is 5.94. The Labute approximate surface area is 213 Å². The Bertz CT molecular complexity index is 1370. The summed E-state index contributed by atoms with van der Waals surface area (Å²) in [5, 5.41) is 5.67. The minimum absolute atomic E-state index is 0.105. The van der Waals surface area contributed by atoms with Gasteiger partial charge in [-0.15, -0.1) is 11.3 Å². The van der Waals surface area contributed by atoms with Crippen LogP contribution in [0.15, 0.2) is 72.2 Å². The third kappa shape index (κ3) is 5.28. The van der Waals surface area contributed by atoms with Crippen molar-refractivity contribution in [2.45, 2.75) is 26.2 Å². The van der Waals surface area contributed by atoms with Gasteiger partial charge in [0.25, 0.3) is 5.91 Å². The van der Waals surface area contributed by atoms with Crippen molar-refractivity contribution in [2.24, 2.45) is 0 Å². The molecule has 0 bridgehead atoms. The molecule has 3 heterocycles. The van der Waals surface area contributed by atoms with Crippen molar-refractivity contribution in [3.05, 3.63) is 77.8 Å². The van der Waals surface area contributed by atoms with Gasteiger partial charge in [0.1, 0.15) is 17.3 Å². The topological polar surface area (TPSA) is 84.4 Å². The first kappa shape index (κ1) is 23.7. The molecule has 0 saturated heterocycles. The van der Waals surface area contributed by atoms with Gasteiger partial charge in [-0.25, -0.2) is 4.98 Å². The molecule has 1 aliphatic heterocycles. The number of carbonyl (C=O) groups excluding carboxylic acids is 2. The lowest BCUT2D eigenvalue weighted by atomic mass is 10.1. The third-order valence-corrected chi connectivity index (χ3v) is 6.81. The van der Waals surface area contributed by atoms with Crippen LogP contribution in [-0.2, 0) is 16.0 Å². The number of carbonyl (C=O) groups is 2. The van der Waals surface area contributed by atoms with E-state index in [-0.39, 0.29) is 25.0 Å². The molecule has 0 fully saturated rings. The van der Waals surface area contributed by atoms with Crippen molar-refractivity contribution in [2.75, 3.05) is 23.4 Å². The second-order valence-electron chi connectivity index (χ2n) is 8.55. The highest BCUT2D eigenvalue weighted by Crippen LogP contribution is 2.37. The van der Waals surface area contributed by atoms with Crippen LogP contribution in [0.3, 0.4) is 0 Å². The summed E-state index contributed by atoms with van der Waals surface area (Å²) in [5.74, 6) is 0.0257. The number of hydrogen-bond acceptors (Lipinski definition) is 6. The van der Waals surface area contributed by atoms with Gasteiger partial charge in [0.2, 0.25) is 5.91 Å². The Morgan fingerprint density at radius 1 is 1.11 bits per heavy atom. The van der Waals surface area contributed by atoms with Gasteiger partial charge in [-0.2, -0.15) is 0 Å². The molecular formula is C28H26N4O3S.